The zero-order chi connectivity index (χ0) is 11.0. The van der Waals surface area contributed by atoms with E-state index in [9.17, 15) is 14.4 Å². The third-order valence-corrected chi connectivity index (χ3v) is 2.96. The molecule has 2 rings (SSSR count). The first-order chi connectivity index (χ1) is 7.09. The number of carbonyl (C=O) groups excluding carboxylic acids is 3. The van der Waals surface area contributed by atoms with Crippen molar-refractivity contribution in [1.29, 1.82) is 0 Å². The van der Waals surface area contributed by atoms with Crippen LogP contribution in [0.2, 0.25) is 0 Å². The molecule has 2 fully saturated rings. The third-order valence-electron chi connectivity index (χ3n) is 2.96. The Morgan fingerprint density at radius 1 is 1.47 bits per heavy atom. The van der Waals surface area contributed by atoms with Gasteiger partial charge >= 0.3 is 0 Å². The topological polar surface area (TPSA) is 92.5 Å². The SMILES string of the molecule is NC(=O)C1CCN1C(=O)C1CNC(=O)C1. The fourth-order valence-corrected chi connectivity index (χ4v) is 1.96. The van der Waals surface area contributed by atoms with Crippen LogP contribution < -0.4 is 11.1 Å². The van der Waals surface area contributed by atoms with Gasteiger partial charge in [0.05, 0.1) is 5.92 Å². The standard InChI is InChI=1S/C9H13N3O3/c10-8(14)6-1-2-12(6)9(15)5-3-7(13)11-4-5/h5-6H,1-4H2,(H2,10,14)(H,11,13). The summed E-state index contributed by atoms with van der Waals surface area (Å²) in [6, 6.07) is -0.465. The second kappa shape index (κ2) is 3.52. The zero-order valence-electron chi connectivity index (χ0n) is 8.23. The predicted molar refractivity (Wildman–Crippen MR) is 50.4 cm³/mol. The molecule has 2 atom stereocenters. The van der Waals surface area contributed by atoms with Gasteiger partial charge in [-0.15, -0.1) is 0 Å². The van der Waals surface area contributed by atoms with Crippen molar-refractivity contribution in [3.05, 3.63) is 0 Å². The molecule has 0 aromatic rings. The average molecular weight is 211 g/mol. The number of primary amides is 1. The highest BCUT2D eigenvalue weighted by Gasteiger charge is 2.40. The summed E-state index contributed by atoms with van der Waals surface area (Å²) >= 11 is 0. The summed E-state index contributed by atoms with van der Waals surface area (Å²) in [4.78, 5) is 35.1. The van der Waals surface area contributed by atoms with Gasteiger partial charge in [-0.05, 0) is 6.42 Å². The number of nitrogens with two attached hydrogens (primary N) is 1. The minimum absolute atomic E-state index is 0.107. The lowest BCUT2D eigenvalue weighted by Crippen LogP contribution is -2.58. The molecule has 0 saturated carbocycles. The molecule has 0 aromatic heterocycles. The first-order valence-electron chi connectivity index (χ1n) is 4.96. The maximum atomic E-state index is 11.8. The molecule has 6 nitrogen and oxygen atoms in total. The van der Waals surface area contributed by atoms with E-state index in [0.717, 1.165) is 0 Å². The van der Waals surface area contributed by atoms with Crippen LogP contribution in [0.4, 0.5) is 0 Å². The molecule has 2 unspecified atom stereocenters. The maximum Gasteiger partial charge on any atom is 0.240 e. The first-order valence-corrected chi connectivity index (χ1v) is 4.96. The molecule has 0 bridgehead atoms. The molecule has 0 aliphatic carbocycles. The Hall–Kier alpha value is -1.59. The molecule has 82 valence electrons. The van der Waals surface area contributed by atoms with Crippen molar-refractivity contribution in [3.63, 3.8) is 0 Å². The number of carbonyl (C=O) groups is 3. The Morgan fingerprint density at radius 2 is 2.20 bits per heavy atom. The van der Waals surface area contributed by atoms with Gasteiger partial charge in [-0.25, -0.2) is 0 Å². The van der Waals surface area contributed by atoms with Crippen LogP contribution in [0.1, 0.15) is 12.8 Å². The second-order valence-electron chi connectivity index (χ2n) is 3.94. The predicted octanol–water partition coefficient (Wildman–Crippen LogP) is -1.79. The van der Waals surface area contributed by atoms with E-state index in [0.29, 0.717) is 19.5 Å². The van der Waals surface area contributed by atoms with Crippen molar-refractivity contribution in [2.45, 2.75) is 18.9 Å². The molecule has 3 amide bonds. The van der Waals surface area contributed by atoms with Gasteiger partial charge in [0.2, 0.25) is 17.7 Å². The Kier molecular flexibility index (Phi) is 2.34. The molecule has 0 spiro atoms. The van der Waals surface area contributed by atoms with Gasteiger partial charge in [-0.3, -0.25) is 14.4 Å². The lowest BCUT2D eigenvalue weighted by molar-refractivity contribution is -0.149. The fraction of sp³-hybridized carbons (Fsp3) is 0.667. The summed E-state index contributed by atoms with van der Waals surface area (Å²) in [6.07, 6.45) is 0.857. The van der Waals surface area contributed by atoms with Crippen molar-refractivity contribution in [3.8, 4) is 0 Å². The van der Waals surface area contributed by atoms with Gasteiger partial charge in [0.25, 0.3) is 0 Å². The van der Waals surface area contributed by atoms with Crippen molar-refractivity contribution in [2.24, 2.45) is 11.7 Å². The molecular weight excluding hydrogens is 198 g/mol. The highest BCUT2D eigenvalue weighted by Crippen LogP contribution is 2.22. The highest BCUT2D eigenvalue weighted by atomic mass is 16.2. The first kappa shape index (κ1) is 9.95. The van der Waals surface area contributed by atoms with Gasteiger partial charge in [0.1, 0.15) is 6.04 Å². The Labute approximate surface area is 86.8 Å². The second-order valence-corrected chi connectivity index (χ2v) is 3.94. The van der Waals surface area contributed by atoms with Crippen molar-refractivity contribution < 1.29 is 14.4 Å². The Morgan fingerprint density at radius 3 is 2.60 bits per heavy atom. The summed E-state index contributed by atoms with van der Waals surface area (Å²) in [6.45, 7) is 0.941. The van der Waals surface area contributed by atoms with E-state index < -0.39 is 11.9 Å². The van der Waals surface area contributed by atoms with E-state index >= 15 is 0 Å². The van der Waals surface area contributed by atoms with Crippen LogP contribution in [0.25, 0.3) is 0 Å². The van der Waals surface area contributed by atoms with E-state index in [1.165, 1.54) is 4.90 Å². The van der Waals surface area contributed by atoms with Crippen LogP contribution in [0.15, 0.2) is 0 Å². The van der Waals surface area contributed by atoms with Crippen LogP contribution in [0.3, 0.4) is 0 Å². The number of rotatable bonds is 2. The molecule has 3 N–H and O–H groups in total. The molecule has 0 aromatic carbocycles. The molecule has 6 heteroatoms. The quantitative estimate of drug-likeness (QED) is 0.565. The van der Waals surface area contributed by atoms with Gasteiger partial charge in [-0.1, -0.05) is 0 Å². The number of nitrogens with one attached hydrogen (secondary N) is 1. The minimum Gasteiger partial charge on any atom is -0.368 e. The van der Waals surface area contributed by atoms with Gasteiger partial charge in [0, 0.05) is 19.5 Å². The van der Waals surface area contributed by atoms with E-state index in [2.05, 4.69) is 5.32 Å². The maximum absolute atomic E-state index is 11.8. The van der Waals surface area contributed by atoms with E-state index in [1.54, 1.807) is 0 Å². The fourth-order valence-electron chi connectivity index (χ4n) is 1.96. The normalized spacial score (nSPS) is 29.6. The molecular formula is C9H13N3O3. The largest absolute Gasteiger partial charge is 0.368 e. The van der Waals surface area contributed by atoms with E-state index in [4.69, 9.17) is 5.73 Å². The molecule has 2 heterocycles. The summed E-state index contributed by atoms with van der Waals surface area (Å²) in [7, 11) is 0. The Bertz CT molecular complexity index is 329. The van der Waals surface area contributed by atoms with Crippen LogP contribution in [-0.4, -0.2) is 41.8 Å². The van der Waals surface area contributed by atoms with Crippen molar-refractivity contribution >= 4 is 17.7 Å². The lowest BCUT2D eigenvalue weighted by atomic mass is 9.98. The molecule has 2 aliphatic rings. The molecule has 15 heavy (non-hydrogen) atoms. The third kappa shape index (κ3) is 1.67. The van der Waals surface area contributed by atoms with Crippen LogP contribution in [0, 0.1) is 5.92 Å². The monoisotopic (exact) mass is 211 g/mol. The van der Waals surface area contributed by atoms with Crippen molar-refractivity contribution in [1.82, 2.24) is 10.2 Å². The van der Waals surface area contributed by atoms with Gasteiger partial charge < -0.3 is 16.0 Å². The number of amides is 3. The summed E-state index contributed by atoms with van der Waals surface area (Å²) < 4.78 is 0. The van der Waals surface area contributed by atoms with Gasteiger partial charge in [-0.2, -0.15) is 0 Å². The number of hydrogen-bond donors (Lipinski definition) is 2. The van der Waals surface area contributed by atoms with E-state index in [1.807, 2.05) is 0 Å². The average Bonchev–Trinajstić information content (AvgIpc) is 2.48. The summed E-state index contributed by atoms with van der Waals surface area (Å²) in [5.41, 5.74) is 5.14. The number of likely N-dealkylation sites (tertiary alicyclic amines) is 1. The minimum atomic E-state index is -0.466. The van der Waals surface area contributed by atoms with Crippen molar-refractivity contribution in [2.75, 3.05) is 13.1 Å². The molecule has 0 radical (unpaired) electrons. The number of nitrogens with zero attached hydrogens (tertiary/aromatic N) is 1. The summed E-state index contributed by atoms with van der Waals surface area (Å²) in [5.74, 6) is -1.03. The van der Waals surface area contributed by atoms with Crippen LogP contribution >= 0.6 is 0 Å². The lowest BCUT2D eigenvalue weighted by Gasteiger charge is -2.40. The molecule has 2 saturated heterocycles. The van der Waals surface area contributed by atoms with Crippen LogP contribution in [0.5, 0.6) is 0 Å². The van der Waals surface area contributed by atoms with Crippen LogP contribution in [-0.2, 0) is 14.4 Å². The summed E-state index contributed by atoms with van der Waals surface area (Å²) in [5, 5.41) is 2.60. The Balaban J connectivity index is 1.97. The molecule has 2 aliphatic heterocycles. The number of hydrogen-bond acceptors (Lipinski definition) is 3. The van der Waals surface area contributed by atoms with E-state index in [-0.39, 0.29) is 24.2 Å². The highest BCUT2D eigenvalue weighted by molar-refractivity contribution is 5.93. The smallest absolute Gasteiger partial charge is 0.240 e. The zero-order valence-corrected chi connectivity index (χ0v) is 8.23. The van der Waals surface area contributed by atoms with Gasteiger partial charge in [0.15, 0.2) is 0 Å².